The first-order valence-corrected chi connectivity index (χ1v) is 35.0. The Kier molecular flexibility index (Phi) is 19.4. The first-order chi connectivity index (χ1) is 47.8. The van der Waals surface area contributed by atoms with E-state index >= 15 is 9.59 Å². The van der Waals surface area contributed by atoms with E-state index in [2.05, 4.69) is 79.6 Å². The van der Waals surface area contributed by atoms with Gasteiger partial charge in [-0.1, -0.05) is 245 Å². The number of imidazole rings is 1. The number of nitrogen functional groups attached to an aromatic ring is 1. The molecule has 0 saturated carbocycles. The molecule has 1 fully saturated rings. The van der Waals surface area contributed by atoms with Crippen LogP contribution in [-0.4, -0.2) is 103 Å². The predicted octanol–water partition coefficient (Wildman–Crippen LogP) is 13.9. The maximum absolute atomic E-state index is 17.6. The second-order valence-corrected chi connectivity index (χ2v) is 29.9. The average molecular weight is 1320 g/mol. The number of hydrogen-bond donors (Lipinski definition) is 2. The first kappa shape index (κ1) is 66.2. The summed E-state index contributed by atoms with van der Waals surface area (Å²) in [6.07, 6.45) is -1.49. The summed E-state index contributed by atoms with van der Waals surface area (Å²) in [6, 6.07) is 78.6. The SMILES string of the molecule is COc1ccc(C(OC(C(=O)c2ccccc2)(C(=O)c2ccccc2)[C@H]2O[C@@H](n3cnc4c(N)ncnc43)[C@H](OCCCCCNC(=O)OCC3c4ccccc4-c4ccccc43)[C@@H]2O[Si](c2ccccc2)(c2ccccc2)C(C)(C)C)(c2ccccc2)c2ccc(OC)cc2)cc1. The molecule has 2 aliphatic rings. The fourth-order valence-electron chi connectivity index (χ4n) is 14.3. The number of aromatic nitrogens is 4. The fraction of sp³-hybridized carbons (Fsp3) is 0.235. The summed E-state index contributed by atoms with van der Waals surface area (Å²) in [4.78, 5) is 62.6. The van der Waals surface area contributed by atoms with E-state index in [-0.39, 0.29) is 41.6 Å². The van der Waals surface area contributed by atoms with Crippen molar-refractivity contribution < 1.29 is 47.2 Å². The van der Waals surface area contributed by atoms with E-state index in [1.54, 1.807) is 73.6 Å². The third-order valence-corrected chi connectivity index (χ3v) is 24.0. The number of carbonyl (C=O) groups is 3. The number of nitrogens with zero attached hydrogens (tertiary/aromatic N) is 4. The molecule has 3 heterocycles. The molecule has 17 heteroatoms. The van der Waals surface area contributed by atoms with Crippen LogP contribution in [0.25, 0.3) is 22.3 Å². The number of nitrogens with one attached hydrogen (secondary N) is 1. The minimum absolute atomic E-state index is 0.0826. The maximum Gasteiger partial charge on any atom is 0.407 e. The number of unbranched alkanes of at least 4 members (excludes halogenated alkanes) is 2. The maximum atomic E-state index is 17.6. The van der Waals surface area contributed by atoms with E-state index in [1.807, 2.05) is 152 Å². The summed E-state index contributed by atoms with van der Waals surface area (Å²) < 4.78 is 51.7. The van der Waals surface area contributed by atoms with E-state index in [0.29, 0.717) is 59.6 Å². The van der Waals surface area contributed by atoms with Crippen molar-refractivity contribution in [3.05, 3.63) is 300 Å². The lowest BCUT2D eigenvalue weighted by Crippen LogP contribution is -2.71. The van der Waals surface area contributed by atoms with E-state index in [9.17, 15) is 4.79 Å². The third kappa shape index (κ3) is 12.5. The molecular formula is C81H78N6O10Si. The number of anilines is 1. The van der Waals surface area contributed by atoms with Gasteiger partial charge in [0, 0.05) is 30.2 Å². The standard InChI is InChI=1S/C81H78N6O10Si/c1-79(2,3)98(62-34-18-9-19-35-62,63-36-20-10-21-37-63)96-70-71(93-51-27-11-26-50-83-78(90)94-52-68-66-40-24-22-38-64(66)65-39-23-25-41-67(65)68)77(87-54-86-69-75(82)84-53-85-76(69)87)95-74(70)81(72(88)55-28-12-6-13-29-55,73(89)56-30-14-7-15-31-56)97-80(57-32-16-8-17-33-57,58-42-46-60(91-4)47-43-58)59-44-48-61(92-5)49-45-59/h6-10,12-25,28-49,53-54,68,70-71,74,77H,11,26-27,50-52H2,1-5H3,(H,83,90)(H2,82,84,85)/t70-,71+,74-,77+/m0/s1. The number of hydrogen-bond acceptors (Lipinski definition) is 14. The van der Waals surface area contributed by atoms with Crippen molar-refractivity contribution in [3.8, 4) is 22.6 Å². The van der Waals surface area contributed by atoms with Crippen LogP contribution in [0.3, 0.4) is 0 Å². The normalized spacial score (nSPS) is 16.3. The Bertz CT molecular complexity index is 4360. The van der Waals surface area contributed by atoms with Crippen LogP contribution in [0.15, 0.2) is 261 Å². The van der Waals surface area contributed by atoms with Gasteiger partial charge in [-0.25, -0.2) is 19.7 Å². The lowest BCUT2D eigenvalue weighted by molar-refractivity contribution is -0.160. The molecule has 0 bridgehead atoms. The molecule has 2 aromatic heterocycles. The number of methoxy groups -OCH3 is 2. The highest BCUT2D eigenvalue weighted by atomic mass is 28.4. The molecule has 1 aliphatic heterocycles. The van der Waals surface area contributed by atoms with E-state index in [1.165, 1.54) is 6.33 Å². The summed E-state index contributed by atoms with van der Waals surface area (Å²) in [6.45, 7) is 7.14. The highest BCUT2D eigenvalue weighted by Crippen LogP contribution is 2.53. The summed E-state index contributed by atoms with van der Waals surface area (Å²) in [5.41, 5.74) is 9.08. The molecule has 13 rings (SSSR count). The zero-order chi connectivity index (χ0) is 67.9. The van der Waals surface area contributed by atoms with Gasteiger partial charge < -0.3 is 43.9 Å². The Morgan fingerprint density at radius 2 is 1.05 bits per heavy atom. The minimum atomic E-state index is -3.87. The number of carbonyl (C=O) groups excluding carboxylic acids is 3. The van der Waals surface area contributed by atoms with Gasteiger partial charge in [0.25, 0.3) is 8.32 Å². The number of ketones is 2. The molecule has 1 amide bonds. The highest BCUT2D eigenvalue weighted by molar-refractivity contribution is 6.99. The van der Waals surface area contributed by atoms with Gasteiger partial charge in [0.15, 0.2) is 17.7 Å². The molecule has 4 atom stereocenters. The number of alkyl carbamates (subject to hydrolysis) is 1. The quantitative estimate of drug-likeness (QED) is 0.0171. The van der Waals surface area contributed by atoms with E-state index in [4.69, 9.17) is 48.5 Å². The predicted molar refractivity (Wildman–Crippen MR) is 380 cm³/mol. The number of amides is 1. The smallest absolute Gasteiger partial charge is 0.407 e. The number of rotatable bonds is 26. The molecule has 0 radical (unpaired) electrons. The number of nitrogens with two attached hydrogens (primary N) is 1. The van der Waals surface area contributed by atoms with E-state index < -0.39 is 66.8 Å². The van der Waals surface area contributed by atoms with Crippen LogP contribution < -0.4 is 30.9 Å². The lowest BCUT2D eigenvalue weighted by atomic mass is 9.74. The highest BCUT2D eigenvalue weighted by Gasteiger charge is 2.69. The molecule has 1 saturated heterocycles. The van der Waals surface area contributed by atoms with E-state index in [0.717, 1.165) is 32.6 Å². The zero-order valence-electron chi connectivity index (χ0n) is 55.4. The molecule has 11 aromatic rings. The topological polar surface area (TPSA) is 197 Å². The molecule has 16 nitrogen and oxygen atoms in total. The van der Waals surface area contributed by atoms with Crippen LogP contribution in [0.5, 0.6) is 11.5 Å². The Hall–Kier alpha value is -10.4. The van der Waals surface area contributed by atoms with Crippen molar-refractivity contribution in [1.29, 1.82) is 0 Å². The van der Waals surface area contributed by atoms with Gasteiger partial charge in [0.1, 0.15) is 53.9 Å². The fourth-order valence-corrected chi connectivity index (χ4v) is 19.0. The van der Waals surface area contributed by atoms with Gasteiger partial charge in [0.2, 0.25) is 17.2 Å². The van der Waals surface area contributed by atoms with Gasteiger partial charge in [-0.3, -0.25) is 14.2 Å². The van der Waals surface area contributed by atoms with Crippen molar-refractivity contribution in [2.45, 2.75) is 86.7 Å². The third-order valence-electron chi connectivity index (χ3n) is 19.0. The Balaban J connectivity index is 0.984. The number of benzene rings is 9. The second kappa shape index (κ2) is 28.7. The van der Waals surface area contributed by atoms with Gasteiger partial charge >= 0.3 is 6.09 Å². The molecule has 3 N–H and O–H groups in total. The summed E-state index contributed by atoms with van der Waals surface area (Å²) in [5, 5.41) is 4.09. The molecule has 9 aromatic carbocycles. The van der Waals surface area contributed by atoms with Crippen LogP contribution in [0.1, 0.15) is 101 Å². The number of Topliss-reactive ketones (excluding diaryl/α,β-unsaturated/α-hetero) is 2. The van der Waals surface area contributed by atoms with Crippen LogP contribution in [-0.2, 0) is 29.0 Å². The molecule has 1 aliphatic carbocycles. The first-order valence-electron chi connectivity index (χ1n) is 33.1. The second-order valence-electron chi connectivity index (χ2n) is 25.7. The largest absolute Gasteiger partial charge is 0.497 e. The van der Waals surface area contributed by atoms with Gasteiger partial charge in [-0.2, -0.15) is 0 Å². The van der Waals surface area contributed by atoms with Gasteiger partial charge in [0.05, 0.1) is 20.5 Å². The molecule has 98 heavy (non-hydrogen) atoms. The Labute approximate surface area is 571 Å². The van der Waals surface area contributed by atoms with Crippen molar-refractivity contribution in [2.75, 3.05) is 39.7 Å². The number of fused-ring (bicyclic) bond motifs is 4. The van der Waals surface area contributed by atoms with Crippen molar-refractivity contribution in [3.63, 3.8) is 0 Å². The minimum Gasteiger partial charge on any atom is -0.497 e. The van der Waals surface area contributed by atoms with Crippen molar-refractivity contribution >= 4 is 53.3 Å². The number of ether oxygens (including phenoxy) is 6. The Morgan fingerprint density at radius 3 is 1.57 bits per heavy atom. The van der Waals surface area contributed by atoms with Gasteiger partial charge in [-0.15, -0.1) is 0 Å². The van der Waals surface area contributed by atoms with Gasteiger partial charge in [-0.05, 0) is 97.9 Å². The van der Waals surface area contributed by atoms with Crippen LogP contribution in [0.4, 0.5) is 10.6 Å². The Morgan fingerprint density at radius 1 is 0.561 bits per heavy atom. The summed E-state index contributed by atoms with van der Waals surface area (Å²) in [5.74, 6) is -0.290. The molecule has 0 spiro atoms. The monoisotopic (exact) mass is 1320 g/mol. The molecular weight excluding hydrogens is 1250 g/mol. The lowest BCUT2D eigenvalue weighted by Gasteiger charge is -2.49. The van der Waals surface area contributed by atoms with Crippen LogP contribution in [0, 0.1) is 0 Å². The summed E-state index contributed by atoms with van der Waals surface area (Å²) >= 11 is 0. The average Bonchev–Trinajstić information content (AvgIpc) is 0.833. The van der Waals surface area contributed by atoms with Crippen LogP contribution in [0.2, 0.25) is 5.04 Å². The molecule has 0 unspecified atom stereocenters. The summed E-state index contributed by atoms with van der Waals surface area (Å²) in [7, 11) is -0.681. The van der Waals surface area contributed by atoms with Crippen LogP contribution >= 0.6 is 0 Å². The zero-order valence-corrected chi connectivity index (χ0v) is 56.4. The van der Waals surface area contributed by atoms with Crippen molar-refractivity contribution in [2.24, 2.45) is 0 Å². The van der Waals surface area contributed by atoms with Crippen molar-refractivity contribution in [1.82, 2.24) is 24.8 Å². The molecule has 496 valence electrons.